The number of aliphatic imine (C=N–C) groups is 1. The van der Waals surface area contributed by atoms with Gasteiger partial charge in [-0.25, -0.2) is 0 Å². The van der Waals surface area contributed by atoms with Gasteiger partial charge in [-0.3, -0.25) is 9.79 Å². The maximum Gasteiger partial charge on any atom is 0.223 e. The van der Waals surface area contributed by atoms with Gasteiger partial charge in [-0.05, 0) is 33.6 Å². The molecule has 1 saturated heterocycles. The summed E-state index contributed by atoms with van der Waals surface area (Å²) in [6.07, 6.45) is 2.98. The first-order chi connectivity index (χ1) is 8.35. The predicted octanol–water partition coefficient (Wildman–Crippen LogP) is 0.700. The second-order valence-corrected chi connectivity index (χ2v) is 6.45. The van der Waals surface area contributed by atoms with Gasteiger partial charge in [-0.15, -0.1) is 0 Å². The molecule has 2 rings (SSSR count). The fourth-order valence-electron chi connectivity index (χ4n) is 2.32. The minimum Gasteiger partial charge on any atom is -0.370 e. The highest BCUT2D eigenvalue weighted by molar-refractivity contribution is 5.80. The smallest absolute Gasteiger partial charge is 0.223 e. The van der Waals surface area contributed by atoms with Crippen LogP contribution in [0.3, 0.4) is 0 Å². The molecule has 1 atom stereocenters. The maximum atomic E-state index is 11.8. The van der Waals surface area contributed by atoms with Crippen LogP contribution in [0, 0.1) is 5.92 Å². The third-order valence-electron chi connectivity index (χ3n) is 3.25. The Balaban J connectivity index is 1.80. The Bertz CT molecular complexity index is 354. The van der Waals surface area contributed by atoms with Gasteiger partial charge in [-0.2, -0.15) is 0 Å². The van der Waals surface area contributed by atoms with E-state index in [-0.39, 0.29) is 5.54 Å². The zero-order valence-corrected chi connectivity index (χ0v) is 11.6. The zero-order chi connectivity index (χ0) is 13.3. The molecule has 0 aromatic carbocycles. The highest BCUT2D eigenvalue weighted by Crippen LogP contribution is 2.32. The van der Waals surface area contributed by atoms with Crippen LogP contribution in [0.1, 0.15) is 40.0 Å². The molecule has 5 nitrogen and oxygen atoms in total. The van der Waals surface area contributed by atoms with Crippen molar-refractivity contribution in [3.63, 3.8) is 0 Å². The van der Waals surface area contributed by atoms with Crippen LogP contribution in [-0.2, 0) is 4.79 Å². The van der Waals surface area contributed by atoms with Crippen LogP contribution < -0.4 is 11.1 Å². The third kappa shape index (κ3) is 3.62. The van der Waals surface area contributed by atoms with Gasteiger partial charge >= 0.3 is 0 Å². The van der Waals surface area contributed by atoms with Gasteiger partial charge in [0.2, 0.25) is 5.91 Å². The maximum absolute atomic E-state index is 11.8. The van der Waals surface area contributed by atoms with Crippen LogP contribution in [0.5, 0.6) is 0 Å². The summed E-state index contributed by atoms with van der Waals surface area (Å²) in [7, 11) is 0. The van der Waals surface area contributed by atoms with Gasteiger partial charge in [-0.1, -0.05) is 0 Å². The van der Waals surface area contributed by atoms with E-state index < -0.39 is 0 Å². The Hall–Kier alpha value is -1.26. The molecule has 5 heteroatoms. The highest BCUT2D eigenvalue weighted by Gasteiger charge is 2.39. The molecular formula is C13H24N4O. The Morgan fingerprint density at radius 1 is 1.50 bits per heavy atom. The number of nitrogens with one attached hydrogen (secondary N) is 1. The van der Waals surface area contributed by atoms with E-state index in [9.17, 15) is 4.79 Å². The first-order valence-electron chi connectivity index (χ1n) is 6.73. The lowest BCUT2D eigenvalue weighted by Crippen LogP contribution is -2.45. The van der Waals surface area contributed by atoms with E-state index in [0.29, 0.717) is 36.8 Å². The molecule has 0 aromatic heterocycles. The molecule has 1 aliphatic carbocycles. The second-order valence-electron chi connectivity index (χ2n) is 6.45. The van der Waals surface area contributed by atoms with Crippen molar-refractivity contribution in [2.75, 3.05) is 13.1 Å². The van der Waals surface area contributed by atoms with Crippen LogP contribution in [0.2, 0.25) is 0 Å². The van der Waals surface area contributed by atoms with Gasteiger partial charge in [0.25, 0.3) is 0 Å². The molecule has 1 heterocycles. The molecule has 0 spiro atoms. The number of carbonyl (C=O) groups excluding carboxylic acids is 1. The fourth-order valence-corrected chi connectivity index (χ4v) is 2.32. The number of rotatable bonds is 3. The van der Waals surface area contributed by atoms with Crippen molar-refractivity contribution in [3.8, 4) is 0 Å². The monoisotopic (exact) mass is 252 g/mol. The average Bonchev–Trinajstić information content (AvgIpc) is 2.98. The number of guanidine groups is 1. The number of carbonyl (C=O) groups is 1. The van der Waals surface area contributed by atoms with Crippen LogP contribution in [0.15, 0.2) is 4.99 Å². The summed E-state index contributed by atoms with van der Waals surface area (Å²) >= 11 is 0. The third-order valence-corrected chi connectivity index (χ3v) is 3.25. The minimum absolute atomic E-state index is 0.0703. The van der Waals surface area contributed by atoms with E-state index in [2.05, 4.69) is 10.3 Å². The molecule has 0 radical (unpaired) electrons. The van der Waals surface area contributed by atoms with Crippen molar-refractivity contribution in [2.24, 2.45) is 16.6 Å². The molecule has 18 heavy (non-hydrogen) atoms. The number of hydrogen-bond acceptors (Lipinski definition) is 2. The van der Waals surface area contributed by atoms with E-state index in [1.165, 1.54) is 12.8 Å². The number of amides is 1. The Labute approximate surface area is 109 Å². The van der Waals surface area contributed by atoms with Crippen molar-refractivity contribution < 1.29 is 4.79 Å². The minimum atomic E-state index is -0.0703. The first kappa shape index (κ1) is 13.2. The van der Waals surface area contributed by atoms with Gasteiger partial charge in [0.15, 0.2) is 5.96 Å². The molecule has 1 unspecified atom stereocenters. The van der Waals surface area contributed by atoms with Crippen molar-refractivity contribution >= 4 is 11.9 Å². The van der Waals surface area contributed by atoms with Gasteiger partial charge < -0.3 is 16.0 Å². The van der Waals surface area contributed by atoms with Crippen LogP contribution in [0.4, 0.5) is 0 Å². The largest absolute Gasteiger partial charge is 0.370 e. The number of nitrogens with two attached hydrogens (primary N) is 1. The lowest BCUT2D eigenvalue weighted by atomic mass is 10.1. The summed E-state index contributed by atoms with van der Waals surface area (Å²) in [5.41, 5.74) is 5.75. The Morgan fingerprint density at radius 2 is 2.17 bits per heavy atom. The van der Waals surface area contributed by atoms with Crippen molar-refractivity contribution in [2.45, 2.75) is 51.6 Å². The summed E-state index contributed by atoms with van der Waals surface area (Å²) in [5, 5.41) is 3.13. The summed E-state index contributed by atoms with van der Waals surface area (Å²) in [6.45, 7) is 7.63. The Kier molecular flexibility index (Phi) is 3.50. The molecule has 3 N–H and O–H groups in total. The molecule has 1 amide bonds. The predicted molar refractivity (Wildman–Crippen MR) is 72.2 cm³/mol. The van der Waals surface area contributed by atoms with Gasteiger partial charge in [0.1, 0.15) is 0 Å². The molecule has 1 saturated carbocycles. The van der Waals surface area contributed by atoms with E-state index in [1.54, 1.807) is 0 Å². The number of nitrogens with zero attached hydrogens (tertiary/aromatic N) is 2. The van der Waals surface area contributed by atoms with Crippen molar-refractivity contribution in [1.29, 1.82) is 0 Å². The van der Waals surface area contributed by atoms with Gasteiger partial charge in [0, 0.05) is 37.0 Å². The van der Waals surface area contributed by atoms with Crippen LogP contribution >= 0.6 is 0 Å². The molecule has 2 aliphatic rings. The van der Waals surface area contributed by atoms with Crippen LogP contribution in [-0.4, -0.2) is 41.4 Å². The summed E-state index contributed by atoms with van der Waals surface area (Å²) in [5.74, 6) is 1.10. The van der Waals surface area contributed by atoms with Crippen molar-refractivity contribution in [1.82, 2.24) is 10.2 Å². The summed E-state index contributed by atoms with van der Waals surface area (Å²) < 4.78 is 0. The SMILES string of the molecule is CC(C)(C)NC(N)=NCC1CC(=O)N(C2CC2)C1. The second kappa shape index (κ2) is 4.78. The summed E-state index contributed by atoms with van der Waals surface area (Å²) in [6, 6.07) is 0.525. The van der Waals surface area contributed by atoms with E-state index in [0.717, 1.165) is 6.54 Å². The normalized spacial score (nSPS) is 25.7. The van der Waals surface area contributed by atoms with E-state index in [1.807, 2.05) is 25.7 Å². The quantitative estimate of drug-likeness (QED) is 0.574. The van der Waals surface area contributed by atoms with Crippen molar-refractivity contribution in [3.05, 3.63) is 0 Å². The van der Waals surface area contributed by atoms with Gasteiger partial charge in [0.05, 0.1) is 0 Å². The topological polar surface area (TPSA) is 70.7 Å². The zero-order valence-electron chi connectivity index (χ0n) is 11.6. The summed E-state index contributed by atoms with van der Waals surface area (Å²) in [4.78, 5) is 18.1. The Morgan fingerprint density at radius 3 is 2.72 bits per heavy atom. The fraction of sp³-hybridized carbons (Fsp3) is 0.846. The standard InChI is InChI=1S/C13H24N4O/c1-13(2,3)16-12(14)15-7-9-6-11(18)17(8-9)10-4-5-10/h9-10H,4-8H2,1-3H3,(H3,14,15,16). The highest BCUT2D eigenvalue weighted by atomic mass is 16.2. The molecule has 2 fully saturated rings. The van der Waals surface area contributed by atoms with E-state index >= 15 is 0 Å². The number of likely N-dealkylation sites (tertiary alicyclic amines) is 1. The van der Waals surface area contributed by atoms with E-state index in [4.69, 9.17) is 5.73 Å². The molecule has 102 valence electrons. The molecule has 1 aliphatic heterocycles. The molecule has 0 bridgehead atoms. The first-order valence-corrected chi connectivity index (χ1v) is 6.73. The lowest BCUT2D eigenvalue weighted by Gasteiger charge is -2.21. The average molecular weight is 252 g/mol. The lowest BCUT2D eigenvalue weighted by molar-refractivity contribution is -0.128. The number of hydrogen-bond donors (Lipinski definition) is 2. The molecule has 0 aromatic rings. The molecular weight excluding hydrogens is 228 g/mol. The van der Waals surface area contributed by atoms with Crippen LogP contribution in [0.25, 0.3) is 0 Å².